The predicted octanol–water partition coefficient (Wildman–Crippen LogP) is 3.23. The summed E-state index contributed by atoms with van der Waals surface area (Å²) in [6.07, 6.45) is 0. The maximum atomic E-state index is 11.6. The van der Waals surface area contributed by atoms with Gasteiger partial charge in [-0.1, -0.05) is 0 Å². The second-order valence-corrected chi connectivity index (χ2v) is 5.83. The van der Waals surface area contributed by atoms with E-state index < -0.39 is 11.5 Å². The molecule has 0 fully saturated rings. The maximum Gasteiger partial charge on any atom is 0.255 e. The lowest BCUT2D eigenvalue weighted by Gasteiger charge is -2.18. The highest BCUT2D eigenvalue weighted by molar-refractivity contribution is 9.11. The van der Waals surface area contributed by atoms with Gasteiger partial charge in [-0.15, -0.1) is 0 Å². The highest BCUT2D eigenvalue weighted by atomic mass is 79.9. The van der Waals surface area contributed by atoms with Crippen molar-refractivity contribution in [3.63, 3.8) is 0 Å². The molecule has 3 nitrogen and oxygen atoms in total. The van der Waals surface area contributed by atoms with E-state index in [1.54, 1.807) is 0 Å². The normalized spacial score (nSPS) is 11.4. The van der Waals surface area contributed by atoms with Crippen molar-refractivity contribution in [1.29, 1.82) is 0 Å². The third kappa shape index (κ3) is 3.30. The van der Waals surface area contributed by atoms with Gasteiger partial charge in [-0.3, -0.25) is 4.79 Å². The molecule has 16 heavy (non-hydrogen) atoms. The van der Waals surface area contributed by atoms with E-state index in [0.29, 0.717) is 5.69 Å². The first-order valence-corrected chi connectivity index (χ1v) is 6.30. The Bertz CT molecular complexity index is 401. The fourth-order valence-electron chi connectivity index (χ4n) is 1.09. The van der Waals surface area contributed by atoms with E-state index in [2.05, 4.69) is 37.2 Å². The number of anilines is 1. The zero-order valence-electron chi connectivity index (χ0n) is 9.27. The van der Waals surface area contributed by atoms with Gasteiger partial charge in [0.2, 0.25) is 0 Å². The lowest BCUT2D eigenvalue weighted by Crippen LogP contribution is -2.36. The third-order valence-corrected chi connectivity index (χ3v) is 3.23. The molecular weight excluding hydrogens is 338 g/mol. The summed E-state index contributed by atoms with van der Waals surface area (Å²) in [6.45, 7) is 4.84. The molecule has 0 atom stereocenters. The van der Waals surface area contributed by atoms with Gasteiger partial charge in [0, 0.05) is 8.95 Å². The molecule has 0 radical (unpaired) electrons. The number of nitrogens with one attached hydrogen (secondary N) is 1. The van der Waals surface area contributed by atoms with Crippen LogP contribution in [0.1, 0.15) is 19.4 Å². The van der Waals surface area contributed by atoms with Gasteiger partial charge in [-0.05, 0) is 70.3 Å². The van der Waals surface area contributed by atoms with Crippen LogP contribution in [-0.2, 0) is 4.79 Å². The van der Waals surface area contributed by atoms with Crippen LogP contribution in [-0.4, -0.2) is 16.6 Å². The fourth-order valence-corrected chi connectivity index (χ4v) is 2.70. The Morgan fingerprint density at radius 1 is 1.31 bits per heavy atom. The predicted molar refractivity (Wildman–Crippen MR) is 71.5 cm³/mol. The third-order valence-electron chi connectivity index (χ3n) is 1.98. The molecule has 88 valence electrons. The monoisotopic (exact) mass is 349 g/mol. The molecule has 1 rings (SSSR count). The zero-order chi connectivity index (χ0) is 12.5. The molecule has 0 unspecified atom stereocenters. The van der Waals surface area contributed by atoms with Crippen LogP contribution in [0.15, 0.2) is 21.1 Å². The second-order valence-electron chi connectivity index (χ2n) is 4.12. The van der Waals surface area contributed by atoms with Gasteiger partial charge in [0.05, 0.1) is 5.69 Å². The largest absolute Gasteiger partial charge is 0.381 e. The van der Waals surface area contributed by atoms with Crippen LogP contribution in [0.25, 0.3) is 0 Å². The van der Waals surface area contributed by atoms with Crippen molar-refractivity contribution in [3.05, 3.63) is 26.6 Å². The minimum atomic E-state index is -1.40. The van der Waals surface area contributed by atoms with Crippen LogP contribution in [0, 0.1) is 6.92 Å². The van der Waals surface area contributed by atoms with Crippen LogP contribution in [0.4, 0.5) is 5.69 Å². The van der Waals surface area contributed by atoms with E-state index in [4.69, 9.17) is 0 Å². The molecule has 0 aliphatic rings. The number of aliphatic hydroxyl groups is 1. The number of rotatable bonds is 2. The summed E-state index contributed by atoms with van der Waals surface area (Å²) in [4.78, 5) is 11.6. The van der Waals surface area contributed by atoms with Crippen molar-refractivity contribution in [2.45, 2.75) is 26.4 Å². The van der Waals surface area contributed by atoms with Crippen LogP contribution >= 0.6 is 31.9 Å². The molecule has 0 aromatic heterocycles. The number of carbonyl (C=O) groups excluding carboxylic acids is 1. The standard InChI is InChI=1S/C11H13Br2NO2/c1-6-4-7(12)9(8(13)5-6)14-10(15)11(2,3)16/h4-5,16H,1-3H3,(H,14,15). The first-order valence-electron chi connectivity index (χ1n) is 4.71. The highest BCUT2D eigenvalue weighted by Crippen LogP contribution is 2.32. The maximum absolute atomic E-state index is 11.6. The summed E-state index contributed by atoms with van der Waals surface area (Å²) < 4.78 is 1.55. The van der Waals surface area contributed by atoms with Crippen LogP contribution in [0.2, 0.25) is 0 Å². The summed E-state index contributed by atoms with van der Waals surface area (Å²) >= 11 is 6.73. The molecule has 1 aromatic carbocycles. The number of hydrogen-bond donors (Lipinski definition) is 2. The van der Waals surface area contributed by atoms with Gasteiger partial charge in [0.1, 0.15) is 5.60 Å². The molecule has 5 heteroatoms. The topological polar surface area (TPSA) is 49.3 Å². The minimum Gasteiger partial charge on any atom is -0.381 e. The van der Waals surface area contributed by atoms with Crippen molar-refractivity contribution >= 4 is 43.5 Å². The van der Waals surface area contributed by atoms with E-state index in [1.807, 2.05) is 19.1 Å². The molecule has 2 N–H and O–H groups in total. The Hall–Kier alpha value is -0.390. The van der Waals surface area contributed by atoms with E-state index >= 15 is 0 Å². The summed E-state index contributed by atoms with van der Waals surface area (Å²) in [7, 11) is 0. The summed E-state index contributed by atoms with van der Waals surface area (Å²) in [6, 6.07) is 3.79. The summed E-state index contributed by atoms with van der Waals surface area (Å²) in [5.74, 6) is -0.447. The molecular formula is C11H13Br2NO2. The van der Waals surface area contributed by atoms with Crippen molar-refractivity contribution in [2.75, 3.05) is 5.32 Å². The number of halogens is 2. The Labute approximate surface area is 111 Å². The van der Waals surface area contributed by atoms with Gasteiger partial charge < -0.3 is 10.4 Å². The van der Waals surface area contributed by atoms with E-state index in [9.17, 15) is 9.90 Å². The average molecular weight is 351 g/mol. The Balaban J connectivity index is 3.03. The van der Waals surface area contributed by atoms with Gasteiger partial charge in [0.25, 0.3) is 5.91 Å². The minimum absolute atomic E-state index is 0.447. The van der Waals surface area contributed by atoms with Crippen molar-refractivity contribution in [2.24, 2.45) is 0 Å². The van der Waals surface area contributed by atoms with Crippen LogP contribution < -0.4 is 5.32 Å². The molecule has 0 saturated heterocycles. The van der Waals surface area contributed by atoms with Gasteiger partial charge in [0.15, 0.2) is 0 Å². The number of hydrogen-bond acceptors (Lipinski definition) is 2. The van der Waals surface area contributed by atoms with Crippen molar-refractivity contribution < 1.29 is 9.90 Å². The van der Waals surface area contributed by atoms with Gasteiger partial charge in [-0.2, -0.15) is 0 Å². The van der Waals surface area contributed by atoms with E-state index in [1.165, 1.54) is 13.8 Å². The van der Waals surface area contributed by atoms with Crippen molar-refractivity contribution in [3.8, 4) is 0 Å². The lowest BCUT2D eigenvalue weighted by atomic mass is 10.1. The smallest absolute Gasteiger partial charge is 0.255 e. The quantitative estimate of drug-likeness (QED) is 0.860. The van der Waals surface area contributed by atoms with Crippen LogP contribution in [0.3, 0.4) is 0 Å². The number of amides is 1. The molecule has 0 spiro atoms. The molecule has 0 bridgehead atoms. The molecule has 0 aliphatic carbocycles. The highest BCUT2D eigenvalue weighted by Gasteiger charge is 2.25. The fraction of sp³-hybridized carbons (Fsp3) is 0.364. The number of aryl methyl sites for hydroxylation is 1. The second kappa shape index (κ2) is 4.85. The Morgan fingerprint density at radius 3 is 2.12 bits per heavy atom. The summed E-state index contributed by atoms with van der Waals surface area (Å²) in [5.41, 5.74) is 0.293. The molecule has 0 aliphatic heterocycles. The van der Waals surface area contributed by atoms with E-state index in [0.717, 1.165) is 14.5 Å². The van der Waals surface area contributed by atoms with Crippen molar-refractivity contribution in [1.82, 2.24) is 0 Å². The number of carbonyl (C=O) groups is 1. The molecule has 0 saturated carbocycles. The summed E-state index contributed by atoms with van der Waals surface area (Å²) in [5, 5.41) is 12.2. The van der Waals surface area contributed by atoms with Gasteiger partial charge >= 0.3 is 0 Å². The first kappa shape index (κ1) is 13.7. The average Bonchev–Trinajstić information content (AvgIpc) is 2.08. The molecule has 1 aromatic rings. The van der Waals surface area contributed by atoms with E-state index in [-0.39, 0.29) is 0 Å². The molecule has 0 heterocycles. The Morgan fingerprint density at radius 2 is 1.75 bits per heavy atom. The zero-order valence-corrected chi connectivity index (χ0v) is 12.4. The first-order chi connectivity index (χ1) is 7.21. The molecule has 1 amide bonds. The lowest BCUT2D eigenvalue weighted by molar-refractivity contribution is -0.130. The SMILES string of the molecule is Cc1cc(Br)c(NC(=O)C(C)(C)O)c(Br)c1. The Kier molecular flexibility index (Phi) is 4.15. The number of benzene rings is 1. The van der Waals surface area contributed by atoms with Gasteiger partial charge in [-0.25, -0.2) is 0 Å². The van der Waals surface area contributed by atoms with Crippen LogP contribution in [0.5, 0.6) is 0 Å².